The molecule has 88 valence electrons. The van der Waals surface area contributed by atoms with Crippen LogP contribution in [0.3, 0.4) is 0 Å². The van der Waals surface area contributed by atoms with E-state index < -0.39 is 11.4 Å². The Kier molecular flexibility index (Phi) is 2.99. The van der Waals surface area contributed by atoms with Crippen molar-refractivity contribution in [3.05, 3.63) is 11.8 Å². The molecule has 4 nitrogen and oxygen atoms in total. The molecule has 0 spiro atoms. The zero-order valence-electron chi connectivity index (χ0n) is 9.20. The largest absolute Gasteiger partial charge is 0.501 e. The number of carboxylic acids is 1. The lowest BCUT2D eigenvalue weighted by atomic mass is 9.67. The molecule has 4 heteroatoms. The lowest BCUT2D eigenvalue weighted by Gasteiger charge is -2.36. The van der Waals surface area contributed by atoms with Crippen molar-refractivity contribution in [1.29, 1.82) is 0 Å². The number of hydrogen-bond donors (Lipinski definition) is 1. The minimum Gasteiger partial charge on any atom is -0.501 e. The summed E-state index contributed by atoms with van der Waals surface area (Å²) in [5.74, 6) is -0.633. The minimum absolute atomic E-state index is 0.175. The average Bonchev–Trinajstić information content (AvgIpc) is 2.31. The van der Waals surface area contributed by atoms with Crippen LogP contribution in [0.2, 0.25) is 0 Å². The Morgan fingerprint density at radius 1 is 1.31 bits per heavy atom. The number of ketones is 1. The summed E-state index contributed by atoms with van der Waals surface area (Å²) in [6.07, 6.45) is 4.86. The van der Waals surface area contributed by atoms with Gasteiger partial charge in [-0.2, -0.15) is 0 Å². The predicted molar refractivity (Wildman–Crippen MR) is 56.8 cm³/mol. The summed E-state index contributed by atoms with van der Waals surface area (Å²) in [5, 5.41) is 9.42. The van der Waals surface area contributed by atoms with Crippen LogP contribution in [0.4, 0.5) is 0 Å². The molecular weight excluding hydrogens is 208 g/mol. The van der Waals surface area contributed by atoms with Gasteiger partial charge in [0.25, 0.3) is 0 Å². The molecule has 1 fully saturated rings. The first-order chi connectivity index (χ1) is 7.65. The maximum absolute atomic E-state index is 11.5. The molecule has 1 saturated carbocycles. The molecule has 1 aliphatic carbocycles. The van der Waals surface area contributed by atoms with Gasteiger partial charge in [0, 0.05) is 12.8 Å². The molecule has 0 radical (unpaired) electrons. The monoisotopic (exact) mass is 224 g/mol. The third kappa shape index (κ3) is 1.84. The van der Waals surface area contributed by atoms with Gasteiger partial charge in [-0.25, -0.2) is 0 Å². The van der Waals surface area contributed by atoms with E-state index in [9.17, 15) is 14.7 Å². The lowest BCUT2D eigenvalue weighted by Crippen LogP contribution is -2.38. The normalized spacial score (nSPS) is 24.5. The smallest absolute Gasteiger partial charge is 0.313 e. The molecular formula is C12H16O4. The van der Waals surface area contributed by atoms with E-state index >= 15 is 0 Å². The Balaban J connectivity index is 2.25. The molecule has 0 saturated heterocycles. The van der Waals surface area contributed by atoms with Crippen molar-refractivity contribution in [2.24, 2.45) is 5.41 Å². The molecule has 0 atom stereocenters. The van der Waals surface area contributed by atoms with Crippen molar-refractivity contribution in [3.63, 3.8) is 0 Å². The fourth-order valence-electron chi connectivity index (χ4n) is 2.54. The van der Waals surface area contributed by atoms with Crippen molar-refractivity contribution in [3.8, 4) is 0 Å². The first-order valence-corrected chi connectivity index (χ1v) is 5.71. The number of Topliss-reactive ketones (excluding diaryl/α,β-unsaturated/α-hetero) is 1. The summed E-state index contributed by atoms with van der Waals surface area (Å²) < 4.78 is 5.23. The number of carbonyl (C=O) groups excluding carboxylic acids is 1. The zero-order valence-corrected chi connectivity index (χ0v) is 9.20. The highest BCUT2D eigenvalue weighted by molar-refractivity contribution is 5.85. The van der Waals surface area contributed by atoms with Gasteiger partial charge in [-0.15, -0.1) is 0 Å². The molecule has 1 aliphatic heterocycles. The third-order valence-electron chi connectivity index (χ3n) is 3.62. The molecule has 0 bridgehead atoms. The van der Waals surface area contributed by atoms with E-state index in [0.29, 0.717) is 32.3 Å². The molecule has 16 heavy (non-hydrogen) atoms. The van der Waals surface area contributed by atoms with Crippen LogP contribution in [0.15, 0.2) is 11.8 Å². The van der Waals surface area contributed by atoms with Crippen LogP contribution >= 0.6 is 0 Å². The second-order valence-corrected chi connectivity index (χ2v) is 4.54. The van der Waals surface area contributed by atoms with Crippen molar-refractivity contribution >= 4 is 11.8 Å². The summed E-state index contributed by atoms with van der Waals surface area (Å²) in [4.78, 5) is 22.7. The fourth-order valence-corrected chi connectivity index (χ4v) is 2.54. The van der Waals surface area contributed by atoms with Crippen molar-refractivity contribution in [1.82, 2.24) is 0 Å². The highest BCUT2D eigenvalue weighted by Gasteiger charge is 2.45. The van der Waals surface area contributed by atoms with Gasteiger partial charge in [0.1, 0.15) is 5.78 Å². The van der Waals surface area contributed by atoms with Crippen LogP contribution in [-0.2, 0) is 14.3 Å². The first-order valence-electron chi connectivity index (χ1n) is 5.71. The van der Waals surface area contributed by atoms with E-state index in [0.717, 1.165) is 18.4 Å². The number of hydrogen-bond acceptors (Lipinski definition) is 3. The van der Waals surface area contributed by atoms with E-state index in [1.54, 1.807) is 6.26 Å². The van der Waals surface area contributed by atoms with E-state index in [1.807, 2.05) is 0 Å². The van der Waals surface area contributed by atoms with Crippen LogP contribution in [0, 0.1) is 5.41 Å². The average molecular weight is 224 g/mol. The Hall–Kier alpha value is -1.32. The highest BCUT2D eigenvalue weighted by Crippen LogP contribution is 2.44. The van der Waals surface area contributed by atoms with Crippen LogP contribution in [0.1, 0.15) is 38.5 Å². The van der Waals surface area contributed by atoms with Crippen LogP contribution in [0.25, 0.3) is 0 Å². The summed E-state index contributed by atoms with van der Waals surface area (Å²) in [5.41, 5.74) is 0.0210. The Labute approximate surface area is 94.3 Å². The number of rotatable bonds is 2. The zero-order chi connectivity index (χ0) is 11.6. The highest BCUT2D eigenvalue weighted by atomic mass is 16.5. The Bertz CT molecular complexity index is 333. The van der Waals surface area contributed by atoms with Gasteiger partial charge in [0.2, 0.25) is 0 Å². The van der Waals surface area contributed by atoms with Crippen LogP contribution in [0.5, 0.6) is 0 Å². The second kappa shape index (κ2) is 4.28. The van der Waals surface area contributed by atoms with Crippen LogP contribution in [-0.4, -0.2) is 23.5 Å². The molecule has 0 unspecified atom stereocenters. The minimum atomic E-state index is -0.839. The topological polar surface area (TPSA) is 63.6 Å². The van der Waals surface area contributed by atoms with E-state index in [1.165, 1.54) is 0 Å². The molecule has 2 rings (SSSR count). The summed E-state index contributed by atoms with van der Waals surface area (Å²) in [6.45, 7) is 0.665. The first kappa shape index (κ1) is 11.2. The van der Waals surface area contributed by atoms with E-state index in [2.05, 4.69) is 0 Å². The quantitative estimate of drug-likeness (QED) is 0.778. The molecule has 0 aromatic rings. The SMILES string of the molecule is O=C1CCC(C(=O)O)(C2=COCCC2)CC1. The molecule has 2 aliphatic rings. The molecule has 1 heterocycles. The Morgan fingerprint density at radius 3 is 2.50 bits per heavy atom. The van der Waals surface area contributed by atoms with Gasteiger partial charge < -0.3 is 9.84 Å². The maximum Gasteiger partial charge on any atom is 0.313 e. The van der Waals surface area contributed by atoms with Crippen molar-refractivity contribution < 1.29 is 19.4 Å². The number of aliphatic carboxylic acids is 1. The number of carbonyl (C=O) groups is 2. The van der Waals surface area contributed by atoms with Gasteiger partial charge >= 0.3 is 5.97 Å². The summed E-state index contributed by atoms with van der Waals surface area (Å²) in [6, 6.07) is 0. The number of ether oxygens (including phenoxy) is 1. The van der Waals surface area contributed by atoms with Gasteiger partial charge in [0.05, 0.1) is 18.3 Å². The summed E-state index contributed by atoms with van der Waals surface area (Å²) in [7, 11) is 0. The standard InChI is InChI=1S/C12H16O4/c13-10-3-5-12(6-4-10,11(14)15)9-2-1-7-16-8-9/h8H,1-7H2,(H,14,15). The molecule has 0 amide bonds. The third-order valence-corrected chi connectivity index (χ3v) is 3.62. The second-order valence-electron chi connectivity index (χ2n) is 4.54. The fraction of sp³-hybridized carbons (Fsp3) is 0.667. The summed E-state index contributed by atoms with van der Waals surface area (Å²) >= 11 is 0. The molecule has 0 aromatic heterocycles. The lowest BCUT2D eigenvalue weighted by molar-refractivity contribution is -0.149. The van der Waals surface area contributed by atoms with Gasteiger partial charge in [0.15, 0.2) is 0 Å². The predicted octanol–water partition coefficient (Wildman–Crippen LogP) is 1.89. The van der Waals surface area contributed by atoms with E-state index in [-0.39, 0.29) is 5.78 Å². The molecule has 0 aromatic carbocycles. The van der Waals surface area contributed by atoms with Crippen molar-refractivity contribution in [2.75, 3.05) is 6.61 Å². The molecule has 1 N–H and O–H groups in total. The number of carboxylic acid groups (broad SMARTS) is 1. The van der Waals surface area contributed by atoms with Gasteiger partial charge in [-0.3, -0.25) is 9.59 Å². The van der Waals surface area contributed by atoms with E-state index in [4.69, 9.17) is 4.74 Å². The Morgan fingerprint density at radius 2 is 2.00 bits per heavy atom. The van der Waals surface area contributed by atoms with Gasteiger partial charge in [-0.05, 0) is 31.3 Å². The van der Waals surface area contributed by atoms with Crippen LogP contribution < -0.4 is 0 Å². The van der Waals surface area contributed by atoms with Gasteiger partial charge in [-0.1, -0.05) is 0 Å². The maximum atomic E-state index is 11.5. The van der Waals surface area contributed by atoms with Crippen molar-refractivity contribution in [2.45, 2.75) is 38.5 Å².